The molecule has 0 amide bonds. The van der Waals surface area contributed by atoms with Crippen molar-refractivity contribution in [2.45, 2.75) is 37.7 Å². The Kier molecular flexibility index (Phi) is 3.48. The van der Waals surface area contributed by atoms with E-state index >= 15 is 0 Å². The van der Waals surface area contributed by atoms with Crippen molar-refractivity contribution in [2.75, 3.05) is 0 Å². The van der Waals surface area contributed by atoms with Gasteiger partial charge in [-0.1, -0.05) is 0 Å². The van der Waals surface area contributed by atoms with Gasteiger partial charge in [0.05, 0.1) is 0 Å². The first kappa shape index (κ1) is 16.5. The van der Waals surface area contributed by atoms with Crippen molar-refractivity contribution in [3.63, 3.8) is 0 Å². The van der Waals surface area contributed by atoms with E-state index < -0.39 is 41.7 Å². The van der Waals surface area contributed by atoms with Crippen LogP contribution in [0.2, 0.25) is 0 Å². The van der Waals surface area contributed by atoms with E-state index in [1.807, 2.05) is 0 Å². The summed E-state index contributed by atoms with van der Waals surface area (Å²) in [6, 6.07) is 0. The Bertz CT molecular complexity index is 424. The lowest BCUT2D eigenvalue weighted by molar-refractivity contribution is -0.421. The summed E-state index contributed by atoms with van der Waals surface area (Å²) in [6.45, 7) is 0.804. The van der Waals surface area contributed by atoms with Crippen LogP contribution in [0, 0.1) is 5.92 Å². The first-order valence-corrected chi connectivity index (χ1v) is 4.95. The summed E-state index contributed by atoms with van der Waals surface area (Å²) in [5.74, 6) is -21.7. The number of alkyl halides is 7. The van der Waals surface area contributed by atoms with Gasteiger partial charge in [-0.25, -0.2) is 0 Å². The lowest BCUT2D eigenvalue weighted by atomic mass is 10.0. The SMILES string of the molecule is CC1C(=O)OC(C)(C(F)(F)C(F)(F)C(F)(F)F)OC1=O. The van der Waals surface area contributed by atoms with Gasteiger partial charge in [0.2, 0.25) is 0 Å². The number of hydrogen-bond acceptors (Lipinski definition) is 4. The molecule has 0 radical (unpaired) electrons. The second-order valence-corrected chi connectivity index (χ2v) is 4.16. The Hall–Kier alpha value is -1.55. The van der Waals surface area contributed by atoms with E-state index in [2.05, 4.69) is 9.47 Å². The van der Waals surface area contributed by atoms with E-state index in [4.69, 9.17) is 0 Å². The Labute approximate surface area is 106 Å². The largest absolute Gasteiger partial charge is 0.460 e. The molecule has 0 atom stereocenters. The molecule has 0 saturated carbocycles. The zero-order valence-corrected chi connectivity index (χ0v) is 9.86. The minimum atomic E-state index is -6.64. The summed E-state index contributed by atoms with van der Waals surface area (Å²) in [7, 11) is 0. The van der Waals surface area contributed by atoms with Gasteiger partial charge < -0.3 is 9.47 Å². The third-order valence-corrected chi connectivity index (χ3v) is 2.62. The van der Waals surface area contributed by atoms with Gasteiger partial charge in [0, 0.05) is 6.92 Å². The molecule has 116 valence electrons. The molecule has 1 heterocycles. The fraction of sp³-hybridized carbons (Fsp3) is 0.778. The standard InChI is InChI=1S/C9H7F7O4/c1-3-4(17)19-6(2,20-5(3)18)7(10,11)8(12,13)9(14,15)16/h3H,1-2H3. The van der Waals surface area contributed by atoms with E-state index in [0.29, 0.717) is 0 Å². The maximum atomic E-state index is 13.4. The number of halogens is 7. The van der Waals surface area contributed by atoms with E-state index in [1.165, 1.54) is 0 Å². The molecular formula is C9H7F7O4. The molecule has 11 heteroatoms. The zero-order valence-electron chi connectivity index (χ0n) is 9.86. The number of hydrogen-bond donors (Lipinski definition) is 0. The molecule has 0 bridgehead atoms. The number of carbonyl (C=O) groups excluding carboxylic acids is 2. The highest BCUT2D eigenvalue weighted by molar-refractivity contribution is 5.96. The van der Waals surface area contributed by atoms with Gasteiger partial charge in [0.15, 0.2) is 5.92 Å². The van der Waals surface area contributed by atoms with Gasteiger partial charge in [0.25, 0.3) is 0 Å². The Morgan fingerprint density at radius 1 is 0.950 bits per heavy atom. The van der Waals surface area contributed by atoms with Crippen LogP contribution < -0.4 is 0 Å². The van der Waals surface area contributed by atoms with Crippen LogP contribution >= 0.6 is 0 Å². The Morgan fingerprint density at radius 2 is 1.30 bits per heavy atom. The molecule has 0 aromatic rings. The molecule has 20 heavy (non-hydrogen) atoms. The lowest BCUT2D eigenvalue weighted by Gasteiger charge is -2.42. The molecule has 0 aromatic carbocycles. The van der Waals surface area contributed by atoms with Crippen LogP contribution in [-0.2, 0) is 19.1 Å². The minimum Gasteiger partial charge on any atom is -0.415 e. The van der Waals surface area contributed by atoms with Crippen LogP contribution in [0.1, 0.15) is 13.8 Å². The number of rotatable bonds is 2. The second kappa shape index (κ2) is 4.22. The zero-order chi connectivity index (χ0) is 16.1. The second-order valence-electron chi connectivity index (χ2n) is 4.16. The normalized spacial score (nSPS) is 28.9. The number of cyclic esters (lactones) is 2. The summed E-state index contributed by atoms with van der Waals surface area (Å²) in [6.07, 6.45) is -6.64. The molecule has 1 saturated heterocycles. The number of carbonyl (C=O) groups is 2. The van der Waals surface area contributed by atoms with Crippen molar-refractivity contribution in [1.29, 1.82) is 0 Å². The number of ether oxygens (including phenoxy) is 2. The fourth-order valence-corrected chi connectivity index (χ4v) is 1.27. The highest BCUT2D eigenvalue weighted by Gasteiger charge is 2.82. The molecule has 1 aliphatic heterocycles. The maximum Gasteiger partial charge on any atom is 0.460 e. The predicted molar refractivity (Wildman–Crippen MR) is 45.7 cm³/mol. The first-order valence-electron chi connectivity index (χ1n) is 4.95. The molecule has 1 rings (SSSR count). The first-order chi connectivity index (χ1) is 8.67. The fourth-order valence-electron chi connectivity index (χ4n) is 1.27. The van der Waals surface area contributed by atoms with Crippen LogP contribution in [0.25, 0.3) is 0 Å². The minimum absolute atomic E-state index is 0.0473. The smallest absolute Gasteiger partial charge is 0.415 e. The summed E-state index contributed by atoms with van der Waals surface area (Å²) in [5, 5.41) is 0. The molecule has 0 unspecified atom stereocenters. The van der Waals surface area contributed by atoms with Crippen LogP contribution in [0.3, 0.4) is 0 Å². The van der Waals surface area contributed by atoms with Gasteiger partial charge >= 0.3 is 35.7 Å². The van der Waals surface area contributed by atoms with Crippen LogP contribution in [0.15, 0.2) is 0 Å². The van der Waals surface area contributed by atoms with Crippen molar-refractivity contribution in [3.05, 3.63) is 0 Å². The summed E-state index contributed by atoms with van der Waals surface area (Å²) < 4.78 is 96.1. The quantitative estimate of drug-likeness (QED) is 0.446. The molecule has 1 aliphatic rings. The molecule has 0 aromatic heterocycles. The van der Waals surface area contributed by atoms with Gasteiger partial charge in [-0.15, -0.1) is 0 Å². The third kappa shape index (κ3) is 2.08. The van der Waals surface area contributed by atoms with Crippen molar-refractivity contribution in [3.8, 4) is 0 Å². The van der Waals surface area contributed by atoms with Gasteiger partial charge in [-0.05, 0) is 6.92 Å². The lowest BCUT2D eigenvalue weighted by Crippen LogP contribution is -2.67. The van der Waals surface area contributed by atoms with Crippen molar-refractivity contribution < 1.29 is 49.8 Å². The third-order valence-electron chi connectivity index (χ3n) is 2.62. The summed E-state index contributed by atoms with van der Waals surface area (Å²) >= 11 is 0. The summed E-state index contributed by atoms with van der Waals surface area (Å²) in [4.78, 5) is 22.1. The van der Waals surface area contributed by atoms with Crippen LogP contribution in [0.5, 0.6) is 0 Å². The summed E-state index contributed by atoms with van der Waals surface area (Å²) in [5.41, 5.74) is 0. The van der Waals surface area contributed by atoms with Crippen molar-refractivity contribution in [2.24, 2.45) is 5.92 Å². The molecule has 4 nitrogen and oxygen atoms in total. The van der Waals surface area contributed by atoms with Gasteiger partial charge in [-0.2, -0.15) is 30.7 Å². The molecule has 0 aliphatic carbocycles. The van der Waals surface area contributed by atoms with E-state index in [-0.39, 0.29) is 6.92 Å². The Morgan fingerprint density at radius 3 is 1.60 bits per heavy atom. The van der Waals surface area contributed by atoms with E-state index in [9.17, 15) is 40.3 Å². The molecule has 1 fully saturated rings. The Balaban J connectivity index is 3.27. The van der Waals surface area contributed by atoms with Crippen LogP contribution in [-0.4, -0.2) is 35.7 Å². The monoisotopic (exact) mass is 312 g/mol. The highest BCUT2D eigenvalue weighted by atomic mass is 19.4. The van der Waals surface area contributed by atoms with Crippen LogP contribution in [0.4, 0.5) is 30.7 Å². The average Bonchev–Trinajstić information content (AvgIpc) is 2.23. The highest BCUT2D eigenvalue weighted by Crippen LogP contribution is 2.53. The van der Waals surface area contributed by atoms with Crippen molar-refractivity contribution in [1.82, 2.24) is 0 Å². The van der Waals surface area contributed by atoms with Gasteiger partial charge in [-0.3, -0.25) is 9.59 Å². The van der Waals surface area contributed by atoms with E-state index in [1.54, 1.807) is 0 Å². The predicted octanol–water partition coefficient (Wildman–Crippen LogP) is 2.27. The molecule has 0 spiro atoms. The van der Waals surface area contributed by atoms with Gasteiger partial charge in [0.1, 0.15) is 0 Å². The topological polar surface area (TPSA) is 52.6 Å². The average molecular weight is 312 g/mol. The van der Waals surface area contributed by atoms with Crippen molar-refractivity contribution >= 4 is 11.9 Å². The number of esters is 2. The molecular weight excluding hydrogens is 305 g/mol. The maximum absolute atomic E-state index is 13.4. The molecule has 0 N–H and O–H groups in total. The van der Waals surface area contributed by atoms with E-state index in [0.717, 1.165) is 6.92 Å².